The summed E-state index contributed by atoms with van der Waals surface area (Å²) in [6.45, 7) is 1.50. The van der Waals surface area contributed by atoms with Crippen molar-refractivity contribution < 1.29 is 4.79 Å². The first kappa shape index (κ1) is 11.6. The van der Waals surface area contributed by atoms with E-state index in [0.29, 0.717) is 0 Å². The number of hydrogen-bond donors (Lipinski definition) is 1. The number of allylic oxidation sites excluding steroid dienone is 2. The van der Waals surface area contributed by atoms with Crippen LogP contribution in [0.3, 0.4) is 0 Å². The zero-order valence-electron chi connectivity index (χ0n) is 8.82. The van der Waals surface area contributed by atoms with Crippen LogP contribution in [0.15, 0.2) is 41.6 Å². The molecule has 3 nitrogen and oxygen atoms in total. The van der Waals surface area contributed by atoms with Crippen LogP contribution >= 0.6 is 0 Å². The predicted octanol–water partition coefficient (Wildman–Crippen LogP) is 1.36. The minimum absolute atomic E-state index is 0.0940. The quantitative estimate of drug-likeness (QED) is 0.432. The van der Waals surface area contributed by atoms with Gasteiger partial charge >= 0.3 is 0 Å². The average Bonchev–Trinajstić information content (AvgIpc) is 2.28. The van der Waals surface area contributed by atoms with Gasteiger partial charge in [-0.05, 0) is 25.0 Å². The Morgan fingerprint density at radius 1 is 1.31 bits per heavy atom. The molecule has 1 aromatic rings. The molecule has 0 fully saturated rings. The Bertz CT molecular complexity index is 521. The van der Waals surface area contributed by atoms with Crippen LogP contribution in [0.1, 0.15) is 12.5 Å². The number of nitriles is 1. The smallest absolute Gasteiger partial charge is 0.248 e. The van der Waals surface area contributed by atoms with Gasteiger partial charge < -0.3 is 5.73 Å². The molecule has 0 unspecified atom stereocenters. The highest BCUT2D eigenvalue weighted by atomic mass is 16.1. The van der Waals surface area contributed by atoms with Crippen molar-refractivity contribution >= 4 is 5.78 Å². The van der Waals surface area contributed by atoms with E-state index in [1.165, 1.54) is 6.92 Å². The third kappa shape index (κ3) is 3.01. The van der Waals surface area contributed by atoms with E-state index in [4.69, 9.17) is 11.0 Å². The zero-order chi connectivity index (χ0) is 12.0. The van der Waals surface area contributed by atoms with Crippen LogP contribution in [0.25, 0.3) is 0 Å². The molecule has 1 aromatic carbocycles. The standard InChI is InChI=1S/C13H10N2O/c1-10(15)12(9-14)13(16)8-7-11-5-3-2-4-6-11/h2-6H,15H2,1H3/b12-10-. The molecule has 0 atom stereocenters. The van der Waals surface area contributed by atoms with E-state index in [2.05, 4.69) is 11.8 Å². The predicted molar refractivity (Wildman–Crippen MR) is 60.8 cm³/mol. The first-order chi connectivity index (χ1) is 7.65. The van der Waals surface area contributed by atoms with Gasteiger partial charge in [-0.3, -0.25) is 4.79 Å². The van der Waals surface area contributed by atoms with Gasteiger partial charge in [-0.2, -0.15) is 5.26 Å². The minimum atomic E-state index is -0.550. The maximum Gasteiger partial charge on any atom is 0.248 e. The maximum absolute atomic E-state index is 11.5. The Labute approximate surface area is 94.2 Å². The molecule has 2 N–H and O–H groups in total. The molecule has 0 saturated heterocycles. The van der Waals surface area contributed by atoms with Gasteiger partial charge in [0.15, 0.2) is 0 Å². The first-order valence-electron chi connectivity index (χ1n) is 4.63. The number of Topliss-reactive ketones (excluding diaryl/α,β-unsaturated/α-hetero) is 1. The molecule has 0 bridgehead atoms. The second kappa shape index (κ2) is 5.38. The molecule has 78 valence electrons. The van der Waals surface area contributed by atoms with Gasteiger partial charge in [0, 0.05) is 11.3 Å². The largest absolute Gasteiger partial charge is 0.401 e. The van der Waals surface area contributed by atoms with Crippen LogP contribution in [0.5, 0.6) is 0 Å². The van der Waals surface area contributed by atoms with Crippen LogP contribution in [-0.2, 0) is 4.79 Å². The van der Waals surface area contributed by atoms with Gasteiger partial charge in [0.05, 0.1) is 0 Å². The van der Waals surface area contributed by atoms with E-state index >= 15 is 0 Å². The fraction of sp³-hybridized carbons (Fsp3) is 0.0769. The molecule has 0 radical (unpaired) electrons. The number of carbonyl (C=O) groups is 1. The molecule has 16 heavy (non-hydrogen) atoms. The summed E-state index contributed by atoms with van der Waals surface area (Å²) in [4.78, 5) is 11.5. The van der Waals surface area contributed by atoms with Crippen molar-refractivity contribution in [2.24, 2.45) is 5.73 Å². The molecule has 0 amide bonds. The van der Waals surface area contributed by atoms with Gasteiger partial charge in [0.2, 0.25) is 5.78 Å². The molecule has 0 aliphatic rings. The molecule has 1 rings (SSSR count). The highest BCUT2D eigenvalue weighted by Gasteiger charge is 2.07. The highest BCUT2D eigenvalue weighted by Crippen LogP contribution is 1.99. The van der Waals surface area contributed by atoms with Gasteiger partial charge in [-0.25, -0.2) is 0 Å². The van der Waals surface area contributed by atoms with Crippen LogP contribution < -0.4 is 5.73 Å². The topological polar surface area (TPSA) is 66.9 Å². The molecule has 0 aliphatic carbocycles. The van der Waals surface area contributed by atoms with Crippen molar-refractivity contribution in [1.82, 2.24) is 0 Å². The maximum atomic E-state index is 11.5. The van der Waals surface area contributed by atoms with Crippen molar-refractivity contribution in [2.45, 2.75) is 6.92 Å². The first-order valence-corrected chi connectivity index (χ1v) is 4.63. The Morgan fingerprint density at radius 2 is 1.94 bits per heavy atom. The van der Waals surface area contributed by atoms with E-state index in [9.17, 15) is 4.79 Å². The summed E-state index contributed by atoms with van der Waals surface area (Å²) in [5.74, 6) is 4.51. The normalized spacial score (nSPS) is 10.5. The van der Waals surface area contributed by atoms with Gasteiger partial charge in [-0.15, -0.1) is 0 Å². The van der Waals surface area contributed by atoms with Crippen molar-refractivity contribution in [3.63, 3.8) is 0 Å². The van der Waals surface area contributed by atoms with Crippen molar-refractivity contribution in [3.8, 4) is 17.9 Å². The third-order valence-corrected chi connectivity index (χ3v) is 1.83. The lowest BCUT2D eigenvalue weighted by molar-refractivity contribution is -0.110. The Balaban J connectivity index is 2.94. The molecule has 0 saturated carbocycles. The van der Waals surface area contributed by atoms with E-state index in [1.54, 1.807) is 18.2 Å². The molecular formula is C13H10N2O. The lowest BCUT2D eigenvalue weighted by Crippen LogP contribution is -2.05. The fourth-order valence-electron chi connectivity index (χ4n) is 1.03. The monoisotopic (exact) mass is 210 g/mol. The molecule has 0 spiro atoms. The summed E-state index contributed by atoms with van der Waals surface area (Å²) in [5, 5.41) is 8.69. The summed E-state index contributed by atoms with van der Waals surface area (Å²) >= 11 is 0. The minimum Gasteiger partial charge on any atom is -0.401 e. The van der Waals surface area contributed by atoms with Gasteiger partial charge in [0.25, 0.3) is 0 Å². The SMILES string of the molecule is C/C(N)=C(\C#N)C(=O)C#Cc1ccccc1. The number of nitrogens with zero attached hydrogens (tertiary/aromatic N) is 1. The second-order valence-corrected chi connectivity index (χ2v) is 3.11. The van der Waals surface area contributed by atoms with Crippen LogP contribution in [0, 0.1) is 23.2 Å². The Hall–Kier alpha value is -2.52. The van der Waals surface area contributed by atoms with Crippen molar-refractivity contribution in [3.05, 3.63) is 47.2 Å². The van der Waals surface area contributed by atoms with Gasteiger partial charge in [-0.1, -0.05) is 24.1 Å². The molecule has 3 heteroatoms. The summed E-state index contributed by atoms with van der Waals surface area (Å²) in [7, 11) is 0. The summed E-state index contributed by atoms with van der Waals surface area (Å²) < 4.78 is 0. The Kier molecular flexibility index (Phi) is 3.89. The molecule has 0 heterocycles. The van der Waals surface area contributed by atoms with Crippen molar-refractivity contribution in [1.29, 1.82) is 5.26 Å². The average molecular weight is 210 g/mol. The highest BCUT2D eigenvalue weighted by molar-refractivity contribution is 6.11. The second-order valence-electron chi connectivity index (χ2n) is 3.11. The number of rotatable bonds is 1. The van der Waals surface area contributed by atoms with E-state index in [1.807, 2.05) is 18.2 Å². The third-order valence-electron chi connectivity index (χ3n) is 1.83. The van der Waals surface area contributed by atoms with E-state index < -0.39 is 5.78 Å². The van der Waals surface area contributed by atoms with Crippen LogP contribution in [0.2, 0.25) is 0 Å². The fourth-order valence-corrected chi connectivity index (χ4v) is 1.03. The summed E-state index contributed by atoms with van der Waals surface area (Å²) in [6, 6.07) is 10.8. The number of benzene rings is 1. The lowest BCUT2D eigenvalue weighted by atomic mass is 10.1. The number of hydrogen-bond acceptors (Lipinski definition) is 3. The molecule has 0 aromatic heterocycles. The zero-order valence-corrected chi connectivity index (χ0v) is 8.82. The summed E-state index contributed by atoms with van der Waals surface area (Å²) in [5.41, 5.74) is 6.21. The number of nitrogens with two attached hydrogens (primary N) is 1. The number of ketones is 1. The van der Waals surface area contributed by atoms with E-state index in [-0.39, 0.29) is 11.3 Å². The van der Waals surface area contributed by atoms with Crippen LogP contribution in [-0.4, -0.2) is 5.78 Å². The Morgan fingerprint density at radius 3 is 2.44 bits per heavy atom. The molecular weight excluding hydrogens is 200 g/mol. The van der Waals surface area contributed by atoms with Crippen LogP contribution in [0.4, 0.5) is 0 Å². The number of carbonyl (C=O) groups excluding carboxylic acids is 1. The summed E-state index contributed by atoms with van der Waals surface area (Å²) in [6.07, 6.45) is 0. The van der Waals surface area contributed by atoms with E-state index in [0.717, 1.165) is 5.56 Å². The molecule has 0 aliphatic heterocycles. The lowest BCUT2D eigenvalue weighted by Gasteiger charge is -1.92. The van der Waals surface area contributed by atoms with Crippen molar-refractivity contribution in [2.75, 3.05) is 0 Å². The van der Waals surface area contributed by atoms with Gasteiger partial charge in [0.1, 0.15) is 11.6 Å².